The molecule has 28 heavy (non-hydrogen) atoms. The van der Waals surface area contributed by atoms with Crippen molar-refractivity contribution in [3.05, 3.63) is 65.7 Å². The summed E-state index contributed by atoms with van der Waals surface area (Å²) in [6, 6.07) is 18.0. The van der Waals surface area contributed by atoms with E-state index in [9.17, 15) is 4.79 Å². The number of hydrogen-bond donors (Lipinski definition) is 1. The highest BCUT2D eigenvalue weighted by Gasteiger charge is 2.19. The molecule has 0 radical (unpaired) electrons. The molecule has 5 heteroatoms. The van der Waals surface area contributed by atoms with Crippen molar-refractivity contribution in [3.8, 4) is 5.75 Å². The first-order valence-corrected chi connectivity index (χ1v) is 9.95. The maximum absolute atomic E-state index is 12.8. The lowest BCUT2D eigenvalue weighted by atomic mass is 10.0. The molecule has 3 rings (SSSR count). The van der Waals surface area contributed by atoms with Gasteiger partial charge in [-0.25, -0.2) is 0 Å². The van der Waals surface area contributed by atoms with Crippen molar-refractivity contribution in [2.75, 3.05) is 33.9 Å². The Balaban J connectivity index is 1.58. The van der Waals surface area contributed by atoms with Crippen molar-refractivity contribution in [1.82, 2.24) is 10.2 Å². The van der Waals surface area contributed by atoms with E-state index < -0.39 is 0 Å². The van der Waals surface area contributed by atoms with Gasteiger partial charge in [-0.15, -0.1) is 0 Å². The number of para-hydroxylation sites is 1. The van der Waals surface area contributed by atoms with Gasteiger partial charge in [0.25, 0.3) is 5.91 Å². The molecule has 2 aromatic carbocycles. The van der Waals surface area contributed by atoms with Gasteiger partial charge in [-0.2, -0.15) is 0 Å². The molecule has 0 saturated carbocycles. The van der Waals surface area contributed by atoms with Crippen LogP contribution in [0.5, 0.6) is 5.75 Å². The first-order chi connectivity index (χ1) is 13.6. The van der Waals surface area contributed by atoms with Gasteiger partial charge in [-0.05, 0) is 51.1 Å². The van der Waals surface area contributed by atoms with Crippen LogP contribution >= 0.6 is 0 Å². The molecule has 1 aliphatic rings. The highest BCUT2D eigenvalue weighted by atomic mass is 16.5. The maximum Gasteiger partial charge on any atom is 0.255 e. The number of nitrogens with one attached hydrogen (secondary N) is 1. The van der Waals surface area contributed by atoms with E-state index in [1.807, 2.05) is 56.6 Å². The van der Waals surface area contributed by atoms with E-state index in [4.69, 9.17) is 9.47 Å². The van der Waals surface area contributed by atoms with Crippen LogP contribution in [0.4, 0.5) is 0 Å². The largest absolute Gasteiger partial charge is 0.490 e. The van der Waals surface area contributed by atoms with Gasteiger partial charge in [0.1, 0.15) is 12.4 Å². The third-order valence-electron chi connectivity index (χ3n) is 5.12. The molecule has 1 aliphatic heterocycles. The van der Waals surface area contributed by atoms with E-state index in [2.05, 4.69) is 22.3 Å². The standard InChI is InChI=1S/C23H30N2O3/c1-25(2)19(15-18-9-4-3-5-10-18)16-24-23(26)21-12-6-7-13-22(21)28-17-20-11-8-14-27-20/h3-7,9-10,12-13,19-20H,8,11,14-17H2,1-2H3,(H,24,26). The van der Waals surface area contributed by atoms with Gasteiger partial charge in [0.2, 0.25) is 0 Å². The van der Waals surface area contributed by atoms with Crippen LogP contribution in [-0.2, 0) is 11.2 Å². The molecule has 0 aliphatic carbocycles. The smallest absolute Gasteiger partial charge is 0.255 e. The number of amides is 1. The quantitative estimate of drug-likeness (QED) is 0.724. The van der Waals surface area contributed by atoms with Crippen LogP contribution in [-0.4, -0.2) is 56.8 Å². The lowest BCUT2D eigenvalue weighted by molar-refractivity contribution is 0.0670. The fourth-order valence-corrected chi connectivity index (χ4v) is 3.37. The normalized spacial score (nSPS) is 17.5. The average Bonchev–Trinajstić information content (AvgIpc) is 3.24. The number of hydrogen-bond acceptors (Lipinski definition) is 4. The second-order valence-electron chi connectivity index (χ2n) is 7.46. The first-order valence-electron chi connectivity index (χ1n) is 9.95. The first kappa shape index (κ1) is 20.4. The molecule has 1 amide bonds. The summed E-state index contributed by atoms with van der Waals surface area (Å²) in [7, 11) is 4.08. The summed E-state index contributed by atoms with van der Waals surface area (Å²) in [5.74, 6) is 0.503. The lowest BCUT2D eigenvalue weighted by Gasteiger charge is -2.25. The van der Waals surface area contributed by atoms with Crippen LogP contribution in [0.15, 0.2) is 54.6 Å². The molecule has 5 nitrogen and oxygen atoms in total. The Bertz CT molecular complexity index is 743. The Morgan fingerprint density at radius 1 is 1.18 bits per heavy atom. The summed E-state index contributed by atoms with van der Waals surface area (Å²) in [5, 5.41) is 3.08. The third-order valence-corrected chi connectivity index (χ3v) is 5.12. The average molecular weight is 383 g/mol. The summed E-state index contributed by atoms with van der Waals surface area (Å²) >= 11 is 0. The van der Waals surface area contributed by atoms with Gasteiger partial charge in [0, 0.05) is 19.2 Å². The molecular weight excluding hydrogens is 352 g/mol. The van der Waals surface area contributed by atoms with Gasteiger partial charge in [-0.3, -0.25) is 4.79 Å². The topological polar surface area (TPSA) is 50.8 Å². The molecule has 2 unspecified atom stereocenters. The molecule has 0 spiro atoms. The number of nitrogens with zero attached hydrogens (tertiary/aromatic N) is 1. The van der Waals surface area contributed by atoms with Gasteiger partial charge in [-0.1, -0.05) is 42.5 Å². The Hall–Kier alpha value is -2.37. The Morgan fingerprint density at radius 2 is 1.93 bits per heavy atom. The summed E-state index contributed by atoms with van der Waals surface area (Å²) in [6.07, 6.45) is 3.09. The van der Waals surface area contributed by atoms with Crippen LogP contribution in [0.3, 0.4) is 0 Å². The highest BCUT2D eigenvalue weighted by molar-refractivity contribution is 5.96. The van der Waals surface area contributed by atoms with Crippen LogP contribution in [0.25, 0.3) is 0 Å². The minimum atomic E-state index is -0.108. The lowest BCUT2D eigenvalue weighted by Crippen LogP contribution is -2.41. The van der Waals surface area contributed by atoms with Crippen molar-refractivity contribution in [2.45, 2.75) is 31.4 Å². The summed E-state index contributed by atoms with van der Waals surface area (Å²) < 4.78 is 11.5. The minimum Gasteiger partial charge on any atom is -0.490 e. The van der Waals surface area contributed by atoms with Crippen molar-refractivity contribution in [2.24, 2.45) is 0 Å². The van der Waals surface area contributed by atoms with Crippen LogP contribution in [0.1, 0.15) is 28.8 Å². The molecule has 0 bridgehead atoms. The van der Waals surface area contributed by atoms with Gasteiger partial charge >= 0.3 is 0 Å². The molecule has 2 aromatic rings. The molecule has 1 fully saturated rings. The molecule has 1 heterocycles. The summed E-state index contributed by atoms with van der Waals surface area (Å²) in [5.41, 5.74) is 1.83. The van der Waals surface area contributed by atoms with E-state index in [0.717, 1.165) is 25.9 Å². The van der Waals surface area contributed by atoms with E-state index >= 15 is 0 Å². The molecule has 150 valence electrons. The monoisotopic (exact) mass is 382 g/mol. The summed E-state index contributed by atoms with van der Waals surface area (Å²) in [6.45, 7) is 1.85. The van der Waals surface area contributed by atoms with Crippen molar-refractivity contribution < 1.29 is 14.3 Å². The number of carbonyl (C=O) groups is 1. The Morgan fingerprint density at radius 3 is 2.64 bits per heavy atom. The molecule has 1 saturated heterocycles. The highest BCUT2D eigenvalue weighted by Crippen LogP contribution is 2.20. The second kappa shape index (κ2) is 10.2. The van der Waals surface area contributed by atoms with Crippen molar-refractivity contribution in [1.29, 1.82) is 0 Å². The van der Waals surface area contributed by atoms with Crippen LogP contribution < -0.4 is 10.1 Å². The fourth-order valence-electron chi connectivity index (χ4n) is 3.37. The van der Waals surface area contributed by atoms with Gasteiger partial charge in [0.05, 0.1) is 11.7 Å². The second-order valence-corrected chi connectivity index (χ2v) is 7.46. The van der Waals surface area contributed by atoms with Crippen molar-refractivity contribution >= 4 is 5.91 Å². The third kappa shape index (κ3) is 5.81. The minimum absolute atomic E-state index is 0.108. The SMILES string of the molecule is CN(C)C(CNC(=O)c1ccccc1OCC1CCCO1)Cc1ccccc1. The number of ether oxygens (including phenoxy) is 2. The van der Waals surface area contributed by atoms with E-state index in [1.165, 1.54) is 5.56 Å². The fraction of sp³-hybridized carbons (Fsp3) is 0.435. The van der Waals surface area contributed by atoms with Gasteiger partial charge < -0.3 is 19.7 Å². The van der Waals surface area contributed by atoms with E-state index in [0.29, 0.717) is 24.5 Å². The Kier molecular flexibility index (Phi) is 7.46. The maximum atomic E-state index is 12.8. The predicted molar refractivity (Wildman–Crippen MR) is 111 cm³/mol. The molecular formula is C23H30N2O3. The zero-order valence-corrected chi connectivity index (χ0v) is 16.8. The number of likely N-dealkylation sites (N-methyl/N-ethyl adjacent to an activating group) is 1. The van der Waals surface area contributed by atoms with E-state index in [1.54, 1.807) is 0 Å². The predicted octanol–water partition coefficient (Wildman–Crippen LogP) is 3.15. The van der Waals surface area contributed by atoms with Crippen molar-refractivity contribution in [3.63, 3.8) is 0 Å². The van der Waals surface area contributed by atoms with Crippen LogP contribution in [0, 0.1) is 0 Å². The number of benzene rings is 2. The summed E-state index contributed by atoms with van der Waals surface area (Å²) in [4.78, 5) is 14.9. The number of rotatable bonds is 9. The molecule has 1 N–H and O–H groups in total. The zero-order valence-electron chi connectivity index (χ0n) is 16.8. The molecule has 0 aromatic heterocycles. The molecule has 2 atom stereocenters. The number of carbonyl (C=O) groups excluding carboxylic acids is 1. The van der Waals surface area contributed by atoms with Crippen LogP contribution in [0.2, 0.25) is 0 Å². The zero-order chi connectivity index (χ0) is 19.8. The van der Waals surface area contributed by atoms with E-state index in [-0.39, 0.29) is 18.1 Å². The van der Waals surface area contributed by atoms with Gasteiger partial charge in [0.15, 0.2) is 0 Å². The Labute approximate surface area is 167 Å².